The van der Waals surface area contributed by atoms with E-state index in [0.29, 0.717) is 23.0 Å². The van der Waals surface area contributed by atoms with Crippen LogP contribution < -0.4 is 5.32 Å². The summed E-state index contributed by atoms with van der Waals surface area (Å²) in [4.78, 5) is 17.2. The van der Waals surface area contributed by atoms with Crippen molar-refractivity contribution >= 4 is 29.0 Å². The Labute approximate surface area is 194 Å². The number of aromatic nitrogens is 7. The highest BCUT2D eigenvalue weighted by molar-refractivity contribution is 6.30. The lowest BCUT2D eigenvalue weighted by Crippen LogP contribution is -2.13. The number of carbonyl (C=O) groups excluding carboxylic acids is 1. The summed E-state index contributed by atoms with van der Waals surface area (Å²) in [5.74, 6) is 0.0766. The molecule has 0 radical (unpaired) electrons. The number of hydrogen-bond acceptors (Lipinski definition) is 5. The largest absolute Gasteiger partial charge is 0.304 e. The first-order valence-electron chi connectivity index (χ1n) is 10.5. The maximum Gasteiger partial charge on any atom is 0.277 e. The monoisotopic (exact) mass is 460 g/mol. The van der Waals surface area contributed by atoms with Crippen LogP contribution in [-0.4, -0.2) is 40.1 Å². The average Bonchev–Trinajstić information content (AvgIpc) is 3.52. The molecule has 0 fully saturated rings. The second kappa shape index (κ2) is 8.51. The molecule has 0 saturated carbocycles. The summed E-state index contributed by atoms with van der Waals surface area (Å²) in [5.41, 5.74) is 4.63. The van der Waals surface area contributed by atoms with Crippen molar-refractivity contribution in [1.82, 2.24) is 34.2 Å². The molecule has 1 N–H and O–H groups in total. The van der Waals surface area contributed by atoms with E-state index in [1.54, 1.807) is 33.7 Å². The van der Waals surface area contributed by atoms with E-state index in [-0.39, 0.29) is 11.6 Å². The molecule has 10 heteroatoms. The van der Waals surface area contributed by atoms with E-state index in [2.05, 4.69) is 25.6 Å². The van der Waals surface area contributed by atoms with Gasteiger partial charge in [0.25, 0.3) is 5.91 Å². The number of carbonyl (C=O) groups is 1. The Kier molecular flexibility index (Phi) is 5.39. The van der Waals surface area contributed by atoms with E-state index in [1.165, 1.54) is 0 Å². The summed E-state index contributed by atoms with van der Waals surface area (Å²) < 4.78 is 5.31. The highest BCUT2D eigenvalue weighted by atomic mass is 35.5. The molecular formula is C23H21ClN8O. The summed E-state index contributed by atoms with van der Waals surface area (Å²) in [7, 11) is 0. The van der Waals surface area contributed by atoms with Crippen LogP contribution in [0.15, 0.2) is 61.1 Å². The van der Waals surface area contributed by atoms with E-state index in [1.807, 2.05) is 55.1 Å². The van der Waals surface area contributed by atoms with E-state index < -0.39 is 0 Å². The zero-order chi connectivity index (χ0) is 22.9. The quantitative estimate of drug-likeness (QED) is 0.412. The molecule has 5 rings (SSSR count). The van der Waals surface area contributed by atoms with Gasteiger partial charge in [0.05, 0.1) is 18.4 Å². The number of fused-ring (bicyclic) bond motifs is 1. The molecule has 0 saturated heterocycles. The highest BCUT2D eigenvalue weighted by Crippen LogP contribution is 2.23. The summed E-state index contributed by atoms with van der Waals surface area (Å²) in [5, 5.41) is 16.8. The van der Waals surface area contributed by atoms with Crippen molar-refractivity contribution in [3.05, 3.63) is 83.0 Å². The SMILES string of the molecule is CCn1ncc(-c2ccnc3cc(C(=O)Nc4ccn(Cc5cccc(Cl)c5)n4)nn23)c1C. The summed E-state index contributed by atoms with van der Waals surface area (Å²) in [6.45, 7) is 5.37. The number of aryl methyl sites for hydroxylation is 1. The third-order valence-electron chi connectivity index (χ3n) is 5.39. The molecule has 0 aliphatic heterocycles. The number of hydrogen-bond donors (Lipinski definition) is 1. The molecule has 0 aliphatic carbocycles. The molecule has 4 aromatic heterocycles. The van der Waals surface area contributed by atoms with Crippen molar-refractivity contribution in [2.24, 2.45) is 0 Å². The minimum absolute atomic E-state index is 0.250. The Hall–Kier alpha value is -3.98. The number of amides is 1. The van der Waals surface area contributed by atoms with Gasteiger partial charge in [-0.2, -0.15) is 15.3 Å². The fourth-order valence-electron chi connectivity index (χ4n) is 3.75. The predicted octanol–water partition coefficient (Wildman–Crippen LogP) is 4.07. The predicted molar refractivity (Wildman–Crippen MR) is 125 cm³/mol. The third-order valence-corrected chi connectivity index (χ3v) is 5.62. The summed E-state index contributed by atoms with van der Waals surface area (Å²) in [6.07, 6.45) is 5.31. The van der Waals surface area contributed by atoms with Gasteiger partial charge < -0.3 is 5.32 Å². The minimum atomic E-state index is -0.361. The molecule has 4 heterocycles. The van der Waals surface area contributed by atoms with Gasteiger partial charge in [-0.15, -0.1) is 0 Å². The first-order valence-corrected chi connectivity index (χ1v) is 10.9. The van der Waals surface area contributed by atoms with Crippen molar-refractivity contribution in [2.45, 2.75) is 26.9 Å². The zero-order valence-corrected chi connectivity index (χ0v) is 18.9. The number of benzene rings is 1. The van der Waals surface area contributed by atoms with E-state index >= 15 is 0 Å². The fraction of sp³-hybridized carbons (Fsp3) is 0.174. The van der Waals surface area contributed by atoms with Gasteiger partial charge in [0.15, 0.2) is 17.2 Å². The highest BCUT2D eigenvalue weighted by Gasteiger charge is 2.17. The second-order valence-electron chi connectivity index (χ2n) is 7.57. The van der Waals surface area contributed by atoms with E-state index in [0.717, 1.165) is 29.1 Å². The standard InChI is InChI=1S/C23H21ClN8O/c1-3-31-15(2)18(13-26-31)20-7-9-25-22-12-19(28-32(20)22)23(33)27-21-8-10-30(29-21)14-16-5-4-6-17(24)11-16/h4-13H,3,14H2,1-2H3,(H,27,29,33). The topological polar surface area (TPSA) is 94.9 Å². The third kappa shape index (κ3) is 4.10. The van der Waals surface area contributed by atoms with Crippen LogP contribution in [0.4, 0.5) is 5.82 Å². The maximum absolute atomic E-state index is 12.9. The van der Waals surface area contributed by atoms with Crippen LogP contribution >= 0.6 is 11.6 Å². The van der Waals surface area contributed by atoms with Crippen LogP contribution in [0.25, 0.3) is 16.9 Å². The molecule has 33 heavy (non-hydrogen) atoms. The van der Waals surface area contributed by atoms with Crippen molar-refractivity contribution in [1.29, 1.82) is 0 Å². The van der Waals surface area contributed by atoms with Gasteiger partial charge in [0, 0.05) is 47.4 Å². The van der Waals surface area contributed by atoms with Crippen LogP contribution in [0.1, 0.15) is 28.7 Å². The Morgan fingerprint density at radius 2 is 2.03 bits per heavy atom. The van der Waals surface area contributed by atoms with E-state index in [4.69, 9.17) is 11.6 Å². The Morgan fingerprint density at radius 3 is 2.82 bits per heavy atom. The number of halogens is 1. The van der Waals surface area contributed by atoms with Crippen molar-refractivity contribution in [3.8, 4) is 11.3 Å². The molecule has 5 aromatic rings. The molecule has 166 valence electrons. The molecular weight excluding hydrogens is 440 g/mol. The molecule has 0 atom stereocenters. The normalized spacial score (nSPS) is 11.2. The van der Waals surface area contributed by atoms with Gasteiger partial charge in [0.1, 0.15) is 0 Å². The number of anilines is 1. The molecule has 0 aliphatic rings. The van der Waals surface area contributed by atoms with Gasteiger partial charge in [-0.05, 0) is 37.6 Å². The summed E-state index contributed by atoms with van der Waals surface area (Å²) in [6, 6.07) is 12.8. The van der Waals surface area contributed by atoms with Crippen molar-refractivity contribution in [3.63, 3.8) is 0 Å². The van der Waals surface area contributed by atoms with Gasteiger partial charge in [-0.1, -0.05) is 23.7 Å². The minimum Gasteiger partial charge on any atom is -0.304 e. The number of nitrogens with zero attached hydrogens (tertiary/aromatic N) is 7. The van der Waals surface area contributed by atoms with Crippen molar-refractivity contribution < 1.29 is 4.79 Å². The van der Waals surface area contributed by atoms with Gasteiger partial charge in [0.2, 0.25) is 0 Å². The average molecular weight is 461 g/mol. The Bertz CT molecular complexity index is 1460. The first-order chi connectivity index (χ1) is 16.0. The lowest BCUT2D eigenvalue weighted by Gasteiger charge is -2.04. The Morgan fingerprint density at radius 1 is 1.15 bits per heavy atom. The van der Waals surface area contributed by atoms with Gasteiger partial charge in [-0.3, -0.25) is 14.2 Å². The van der Waals surface area contributed by atoms with Crippen LogP contribution in [-0.2, 0) is 13.1 Å². The fourth-order valence-corrected chi connectivity index (χ4v) is 3.96. The number of rotatable bonds is 6. The number of nitrogens with one attached hydrogen (secondary N) is 1. The van der Waals surface area contributed by atoms with Crippen LogP contribution in [0.3, 0.4) is 0 Å². The lowest BCUT2D eigenvalue weighted by molar-refractivity contribution is 0.102. The van der Waals surface area contributed by atoms with Crippen molar-refractivity contribution in [2.75, 3.05) is 5.32 Å². The molecule has 9 nitrogen and oxygen atoms in total. The molecule has 0 bridgehead atoms. The summed E-state index contributed by atoms with van der Waals surface area (Å²) >= 11 is 6.05. The molecule has 0 unspecified atom stereocenters. The van der Waals surface area contributed by atoms with Gasteiger partial charge in [-0.25, -0.2) is 9.50 Å². The van der Waals surface area contributed by atoms with Gasteiger partial charge >= 0.3 is 0 Å². The second-order valence-corrected chi connectivity index (χ2v) is 8.01. The first kappa shape index (κ1) is 20.9. The Balaban J connectivity index is 1.37. The van der Waals surface area contributed by atoms with E-state index in [9.17, 15) is 4.79 Å². The van der Waals surface area contributed by atoms with Crippen LogP contribution in [0.2, 0.25) is 5.02 Å². The van der Waals surface area contributed by atoms with Crippen LogP contribution in [0, 0.1) is 6.92 Å². The molecule has 0 spiro atoms. The smallest absolute Gasteiger partial charge is 0.277 e. The van der Waals surface area contributed by atoms with Crippen LogP contribution in [0.5, 0.6) is 0 Å². The maximum atomic E-state index is 12.9. The zero-order valence-electron chi connectivity index (χ0n) is 18.1. The lowest BCUT2D eigenvalue weighted by atomic mass is 10.2. The molecule has 1 amide bonds. The molecule has 1 aromatic carbocycles.